The Labute approximate surface area is 185 Å². The zero-order valence-corrected chi connectivity index (χ0v) is 18.1. The average molecular weight is 461 g/mol. The van der Waals surface area contributed by atoms with Crippen molar-refractivity contribution in [3.8, 4) is 5.75 Å². The van der Waals surface area contributed by atoms with Crippen LogP contribution in [0, 0.1) is 0 Å². The second-order valence-electron chi connectivity index (χ2n) is 7.30. The summed E-state index contributed by atoms with van der Waals surface area (Å²) in [6, 6.07) is 16.8. The second-order valence-corrected chi connectivity index (χ2v) is 9.42. The summed E-state index contributed by atoms with van der Waals surface area (Å²) in [5.74, 6) is 0.638. The van der Waals surface area contributed by atoms with Crippen LogP contribution in [0.1, 0.15) is 12.8 Å². The summed E-state index contributed by atoms with van der Waals surface area (Å²) in [4.78, 5) is 12.6. The van der Waals surface area contributed by atoms with Gasteiger partial charge in [0, 0.05) is 41.7 Å². The van der Waals surface area contributed by atoms with Crippen molar-refractivity contribution in [1.82, 2.24) is 4.90 Å². The molecule has 1 fully saturated rings. The molecule has 1 heterocycles. The molecule has 3 aromatic rings. The molecule has 1 aliphatic heterocycles. The van der Waals surface area contributed by atoms with E-state index in [1.165, 1.54) is 29.2 Å². The number of carboxylic acid groups (broad SMARTS) is 1. The Morgan fingerprint density at radius 1 is 1.00 bits per heavy atom. The van der Waals surface area contributed by atoms with E-state index in [9.17, 15) is 13.2 Å². The van der Waals surface area contributed by atoms with Gasteiger partial charge in [-0.15, -0.1) is 0 Å². The van der Waals surface area contributed by atoms with Gasteiger partial charge in [0.05, 0.1) is 10.6 Å². The summed E-state index contributed by atoms with van der Waals surface area (Å²) < 4.78 is 34.4. The predicted octanol–water partition coefficient (Wildman–Crippen LogP) is 4.82. The van der Waals surface area contributed by atoms with Gasteiger partial charge in [0.2, 0.25) is 0 Å². The Hall–Kier alpha value is -2.97. The number of anilines is 1. The molecule has 162 valence electrons. The van der Waals surface area contributed by atoms with Crippen LogP contribution in [0.5, 0.6) is 5.75 Å². The van der Waals surface area contributed by atoms with Gasteiger partial charge in [-0.2, -0.15) is 0 Å². The maximum Gasteiger partial charge on any atom is 0.407 e. The lowest BCUT2D eigenvalue weighted by Crippen LogP contribution is -2.41. The Morgan fingerprint density at radius 2 is 1.65 bits per heavy atom. The molecule has 0 aromatic heterocycles. The van der Waals surface area contributed by atoms with Crippen LogP contribution >= 0.6 is 11.6 Å². The number of carbonyl (C=O) groups is 1. The van der Waals surface area contributed by atoms with Crippen molar-refractivity contribution in [2.24, 2.45) is 0 Å². The number of amides is 1. The van der Waals surface area contributed by atoms with Gasteiger partial charge in [-0.3, -0.25) is 4.72 Å². The van der Waals surface area contributed by atoms with Crippen molar-refractivity contribution >= 4 is 44.2 Å². The first-order valence-electron chi connectivity index (χ1n) is 9.78. The molecule has 3 aromatic carbocycles. The number of fused-ring (bicyclic) bond motifs is 1. The number of benzene rings is 3. The first-order valence-corrected chi connectivity index (χ1v) is 11.6. The van der Waals surface area contributed by atoms with E-state index in [2.05, 4.69) is 4.72 Å². The lowest BCUT2D eigenvalue weighted by molar-refractivity contribution is 0.0902. The average Bonchev–Trinajstić information content (AvgIpc) is 2.76. The minimum absolute atomic E-state index is 0.101. The summed E-state index contributed by atoms with van der Waals surface area (Å²) in [6.07, 6.45) is 0.189. The van der Waals surface area contributed by atoms with Gasteiger partial charge < -0.3 is 14.7 Å². The number of hydrogen-bond acceptors (Lipinski definition) is 4. The zero-order valence-electron chi connectivity index (χ0n) is 16.5. The van der Waals surface area contributed by atoms with E-state index in [0.717, 1.165) is 5.39 Å². The van der Waals surface area contributed by atoms with E-state index >= 15 is 0 Å². The molecular weight excluding hydrogens is 440 g/mol. The predicted molar refractivity (Wildman–Crippen MR) is 119 cm³/mol. The van der Waals surface area contributed by atoms with Crippen LogP contribution in [-0.2, 0) is 10.0 Å². The van der Waals surface area contributed by atoms with Crippen molar-refractivity contribution in [3.05, 3.63) is 65.7 Å². The monoisotopic (exact) mass is 460 g/mol. The van der Waals surface area contributed by atoms with Crippen molar-refractivity contribution in [2.45, 2.75) is 23.8 Å². The summed E-state index contributed by atoms with van der Waals surface area (Å²) in [7, 11) is -3.79. The first kappa shape index (κ1) is 21.3. The van der Waals surface area contributed by atoms with Crippen molar-refractivity contribution in [1.29, 1.82) is 0 Å². The number of hydrogen-bond donors (Lipinski definition) is 2. The quantitative estimate of drug-likeness (QED) is 0.569. The molecule has 4 rings (SSSR count). The third kappa shape index (κ3) is 4.70. The fourth-order valence-corrected chi connectivity index (χ4v) is 4.83. The maximum atomic E-state index is 12.8. The number of nitrogens with one attached hydrogen (secondary N) is 1. The summed E-state index contributed by atoms with van der Waals surface area (Å²) >= 11 is 5.86. The van der Waals surface area contributed by atoms with Crippen LogP contribution in [-0.4, -0.2) is 43.7 Å². The van der Waals surface area contributed by atoms with E-state index in [4.69, 9.17) is 21.4 Å². The highest BCUT2D eigenvalue weighted by atomic mass is 35.5. The minimum Gasteiger partial charge on any atom is -0.490 e. The molecule has 0 radical (unpaired) electrons. The molecule has 0 atom stereocenters. The summed E-state index contributed by atoms with van der Waals surface area (Å²) in [5.41, 5.74) is 0.443. The van der Waals surface area contributed by atoms with Gasteiger partial charge in [-0.1, -0.05) is 35.9 Å². The van der Waals surface area contributed by atoms with Gasteiger partial charge in [-0.25, -0.2) is 13.2 Å². The molecular formula is C22H21ClN2O5S. The lowest BCUT2D eigenvalue weighted by Gasteiger charge is -2.30. The van der Waals surface area contributed by atoms with Crippen LogP contribution in [0.4, 0.5) is 10.5 Å². The number of sulfonamides is 1. The molecule has 9 heteroatoms. The van der Waals surface area contributed by atoms with E-state index in [1.807, 2.05) is 24.3 Å². The Balaban J connectivity index is 1.58. The minimum atomic E-state index is -3.79. The van der Waals surface area contributed by atoms with E-state index in [0.29, 0.717) is 47.8 Å². The smallest absolute Gasteiger partial charge is 0.407 e. The van der Waals surface area contributed by atoms with Crippen LogP contribution < -0.4 is 9.46 Å². The third-order valence-corrected chi connectivity index (χ3v) is 6.89. The Kier molecular flexibility index (Phi) is 5.93. The molecule has 1 saturated heterocycles. The van der Waals surface area contributed by atoms with Gasteiger partial charge in [0.25, 0.3) is 10.0 Å². The summed E-state index contributed by atoms with van der Waals surface area (Å²) in [5, 5.41) is 11.0. The number of rotatable bonds is 5. The number of likely N-dealkylation sites (tertiary alicyclic amines) is 1. The van der Waals surface area contributed by atoms with E-state index < -0.39 is 16.1 Å². The van der Waals surface area contributed by atoms with E-state index in [1.54, 1.807) is 12.1 Å². The SMILES string of the molecule is O=C(O)N1CCC(Oc2ccc(NS(=O)(=O)c3ccc(Cl)cc3)c3ccccc23)CC1. The third-order valence-electron chi connectivity index (χ3n) is 5.26. The molecule has 0 bridgehead atoms. The molecule has 0 aliphatic carbocycles. The molecule has 0 unspecified atom stereocenters. The molecule has 1 amide bonds. The molecule has 0 spiro atoms. The standard InChI is InChI=1S/C22H21ClN2O5S/c23-15-5-7-17(8-6-15)31(28,29)24-20-9-10-21(19-4-2-1-3-18(19)20)30-16-11-13-25(14-12-16)22(26)27/h1-10,16,24H,11-14H2,(H,26,27). The lowest BCUT2D eigenvalue weighted by atomic mass is 10.1. The normalized spacial score (nSPS) is 15.1. The Bertz CT molecular complexity index is 1210. The zero-order chi connectivity index (χ0) is 22.0. The van der Waals surface area contributed by atoms with Gasteiger partial charge in [0.15, 0.2) is 0 Å². The van der Waals surface area contributed by atoms with Gasteiger partial charge in [-0.05, 0) is 36.4 Å². The number of piperidine rings is 1. The number of nitrogens with zero attached hydrogens (tertiary/aromatic N) is 1. The topological polar surface area (TPSA) is 95.9 Å². The van der Waals surface area contributed by atoms with Crippen LogP contribution in [0.25, 0.3) is 10.8 Å². The molecule has 0 saturated carbocycles. The van der Waals surface area contributed by atoms with Crippen molar-refractivity contribution in [3.63, 3.8) is 0 Å². The fraction of sp³-hybridized carbons (Fsp3) is 0.227. The van der Waals surface area contributed by atoms with Crippen LogP contribution in [0.2, 0.25) is 5.02 Å². The maximum absolute atomic E-state index is 12.8. The van der Waals surface area contributed by atoms with Gasteiger partial charge >= 0.3 is 6.09 Å². The molecule has 2 N–H and O–H groups in total. The largest absolute Gasteiger partial charge is 0.490 e. The molecule has 1 aliphatic rings. The highest BCUT2D eigenvalue weighted by molar-refractivity contribution is 7.92. The second kappa shape index (κ2) is 8.64. The van der Waals surface area contributed by atoms with Crippen LogP contribution in [0.15, 0.2) is 65.6 Å². The van der Waals surface area contributed by atoms with Crippen molar-refractivity contribution < 1.29 is 23.1 Å². The number of halogens is 1. The van der Waals surface area contributed by atoms with Crippen molar-refractivity contribution in [2.75, 3.05) is 17.8 Å². The van der Waals surface area contributed by atoms with E-state index in [-0.39, 0.29) is 11.0 Å². The molecule has 31 heavy (non-hydrogen) atoms. The first-order chi connectivity index (χ1) is 14.8. The highest BCUT2D eigenvalue weighted by Gasteiger charge is 2.24. The van der Waals surface area contributed by atoms with Crippen LogP contribution in [0.3, 0.4) is 0 Å². The Morgan fingerprint density at radius 3 is 2.29 bits per heavy atom. The molecule has 7 nitrogen and oxygen atoms in total. The highest BCUT2D eigenvalue weighted by Crippen LogP contribution is 2.34. The fourth-order valence-electron chi connectivity index (χ4n) is 3.63. The summed E-state index contributed by atoms with van der Waals surface area (Å²) in [6.45, 7) is 0.855. The van der Waals surface area contributed by atoms with Gasteiger partial charge in [0.1, 0.15) is 11.9 Å². The number of ether oxygens (including phenoxy) is 1.